The summed E-state index contributed by atoms with van der Waals surface area (Å²) in [4.78, 5) is 14.1. The lowest BCUT2D eigenvalue weighted by molar-refractivity contribution is -0.142. The molecule has 0 saturated heterocycles. The third kappa shape index (κ3) is 3.86. The molecule has 0 fully saturated rings. The van der Waals surface area contributed by atoms with E-state index in [2.05, 4.69) is 18.7 Å². The van der Waals surface area contributed by atoms with Crippen LogP contribution in [0.1, 0.15) is 25.3 Å². The molecule has 0 aliphatic rings. The lowest BCUT2D eigenvalue weighted by Crippen LogP contribution is -2.32. The fourth-order valence-corrected chi connectivity index (χ4v) is 1.88. The Morgan fingerprint density at radius 1 is 1.24 bits per heavy atom. The van der Waals surface area contributed by atoms with Crippen LogP contribution in [0.2, 0.25) is 0 Å². The van der Waals surface area contributed by atoms with Crippen molar-refractivity contribution in [2.45, 2.75) is 19.8 Å². The lowest BCUT2D eigenvalue weighted by atomic mass is 9.98. The minimum absolute atomic E-state index is 0.164. The molecule has 94 valence electrons. The van der Waals surface area contributed by atoms with Gasteiger partial charge in [-0.2, -0.15) is 0 Å². The molecule has 0 aromatic heterocycles. The number of nitrogens with zero attached hydrogens (tertiary/aromatic N) is 1. The Hall–Kier alpha value is -1.35. The van der Waals surface area contributed by atoms with Crippen LogP contribution >= 0.6 is 0 Å². The van der Waals surface area contributed by atoms with Crippen LogP contribution in [0.5, 0.6) is 0 Å². The highest BCUT2D eigenvalue weighted by atomic mass is 16.5. The van der Waals surface area contributed by atoms with E-state index in [-0.39, 0.29) is 11.9 Å². The van der Waals surface area contributed by atoms with Gasteiger partial charge in [-0.15, -0.1) is 0 Å². The first-order valence-corrected chi connectivity index (χ1v) is 6.08. The van der Waals surface area contributed by atoms with Crippen LogP contribution in [-0.4, -0.2) is 37.6 Å². The first kappa shape index (κ1) is 13.7. The highest BCUT2D eigenvalue weighted by molar-refractivity contribution is 5.78. The number of carbonyl (C=O) groups is 1. The van der Waals surface area contributed by atoms with Crippen LogP contribution in [0.15, 0.2) is 30.3 Å². The van der Waals surface area contributed by atoms with E-state index in [4.69, 9.17) is 4.74 Å². The summed E-state index contributed by atoms with van der Waals surface area (Å²) in [5.41, 5.74) is 1.02. The molecule has 0 N–H and O–H groups in total. The van der Waals surface area contributed by atoms with E-state index in [9.17, 15) is 4.79 Å². The molecule has 17 heavy (non-hydrogen) atoms. The van der Waals surface area contributed by atoms with Gasteiger partial charge in [0.2, 0.25) is 0 Å². The Morgan fingerprint density at radius 3 is 2.29 bits per heavy atom. The Bertz CT molecular complexity index is 333. The summed E-state index contributed by atoms with van der Waals surface area (Å²) in [6.07, 6.45) is 0. The number of hydrogen-bond donors (Lipinski definition) is 0. The SMILES string of the molecule is CCN(CC)CC(C(=O)OC)c1ccccc1. The van der Waals surface area contributed by atoms with E-state index < -0.39 is 0 Å². The first-order chi connectivity index (χ1) is 8.22. The van der Waals surface area contributed by atoms with Gasteiger partial charge >= 0.3 is 5.97 Å². The van der Waals surface area contributed by atoms with Crippen LogP contribution in [0.25, 0.3) is 0 Å². The summed E-state index contributed by atoms with van der Waals surface area (Å²) < 4.78 is 4.89. The predicted molar refractivity (Wildman–Crippen MR) is 69.0 cm³/mol. The molecule has 3 heteroatoms. The second-order valence-corrected chi connectivity index (χ2v) is 3.97. The maximum Gasteiger partial charge on any atom is 0.314 e. The minimum atomic E-state index is -0.193. The predicted octanol–water partition coefficient (Wildman–Crippen LogP) is 2.29. The summed E-state index contributed by atoms with van der Waals surface area (Å²) in [5.74, 6) is -0.357. The molecule has 0 radical (unpaired) electrons. The second kappa shape index (κ2) is 7.07. The Labute approximate surface area is 103 Å². The third-order valence-corrected chi connectivity index (χ3v) is 3.02. The maximum atomic E-state index is 11.8. The summed E-state index contributed by atoms with van der Waals surface area (Å²) in [7, 11) is 1.44. The number of methoxy groups -OCH3 is 1. The van der Waals surface area contributed by atoms with Gasteiger partial charge in [-0.05, 0) is 18.7 Å². The van der Waals surface area contributed by atoms with Gasteiger partial charge in [0, 0.05) is 6.54 Å². The number of likely N-dealkylation sites (N-methyl/N-ethyl adjacent to an activating group) is 1. The molecule has 0 spiro atoms. The van der Waals surface area contributed by atoms with E-state index in [1.54, 1.807) is 0 Å². The zero-order chi connectivity index (χ0) is 12.7. The van der Waals surface area contributed by atoms with Crippen molar-refractivity contribution in [3.63, 3.8) is 0 Å². The quantitative estimate of drug-likeness (QED) is 0.708. The third-order valence-electron chi connectivity index (χ3n) is 3.02. The topological polar surface area (TPSA) is 29.5 Å². The lowest BCUT2D eigenvalue weighted by Gasteiger charge is -2.23. The summed E-state index contributed by atoms with van der Waals surface area (Å²) in [5, 5.41) is 0. The van der Waals surface area contributed by atoms with Crippen molar-refractivity contribution >= 4 is 5.97 Å². The summed E-state index contributed by atoms with van der Waals surface area (Å²) in [6, 6.07) is 9.81. The van der Waals surface area contributed by atoms with Crippen LogP contribution in [0.4, 0.5) is 0 Å². The van der Waals surface area contributed by atoms with E-state index in [1.807, 2.05) is 30.3 Å². The molecule has 0 saturated carbocycles. The Balaban J connectivity index is 2.85. The number of rotatable bonds is 6. The molecule has 1 unspecified atom stereocenters. The molecule has 0 aliphatic heterocycles. The molecular formula is C14H21NO2. The van der Waals surface area contributed by atoms with Gasteiger partial charge in [-0.3, -0.25) is 4.79 Å². The molecule has 0 amide bonds. The van der Waals surface area contributed by atoms with Gasteiger partial charge in [0.1, 0.15) is 0 Å². The van der Waals surface area contributed by atoms with Crippen molar-refractivity contribution in [2.24, 2.45) is 0 Å². The van der Waals surface area contributed by atoms with E-state index in [0.717, 1.165) is 18.7 Å². The number of hydrogen-bond acceptors (Lipinski definition) is 3. The molecular weight excluding hydrogens is 214 g/mol. The zero-order valence-corrected chi connectivity index (χ0v) is 10.8. The fourth-order valence-electron chi connectivity index (χ4n) is 1.88. The highest BCUT2D eigenvalue weighted by Crippen LogP contribution is 2.18. The van der Waals surface area contributed by atoms with Crippen molar-refractivity contribution in [3.05, 3.63) is 35.9 Å². The number of carbonyl (C=O) groups excluding carboxylic acids is 1. The van der Waals surface area contributed by atoms with Crippen LogP contribution in [0, 0.1) is 0 Å². The van der Waals surface area contributed by atoms with Gasteiger partial charge in [0.25, 0.3) is 0 Å². The normalized spacial score (nSPS) is 12.5. The number of ether oxygens (including phenoxy) is 1. The van der Waals surface area contributed by atoms with Crippen molar-refractivity contribution < 1.29 is 9.53 Å². The number of benzene rings is 1. The zero-order valence-electron chi connectivity index (χ0n) is 10.8. The van der Waals surface area contributed by atoms with Crippen LogP contribution in [-0.2, 0) is 9.53 Å². The van der Waals surface area contributed by atoms with Crippen LogP contribution < -0.4 is 0 Å². The summed E-state index contributed by atoms with van der Waals surface area (Å²) in [6.45, 7) is 6.79. The average Bonchev–Trinajstić information content (AvgIpc) is 2.40. The van der Waals surface area contributed by atoms with Gasteiger partial charge in [0.05, 0.1) is 13.0 Å². The largest absolute Gasteiger partial charge is 0.469 e. The molecule has 0 bridgehead atoms. The van der Waals surface area contributed by atoms with Crippen molar-refractivity contribution in [1.82, 2.24) is 4.90 Å². The highest BCUT2D eigenvalue weighted by Gasteiger charge is 2.22. The monoisotopic (exact) mass is 235 g/mol. The van der Waals surface area contributed by atoms with E-state index in [0.29, 0.717) is 6.54 Å². The standard InChI is InChI=1S/C14H21NO2/c1-4-15(5-2)11-13(14(16)17-3)12-9-7-6-8-10-12/h6-10,13H,4-5,11H2,1-3H3. The van der Waals surface area contributed by atoms with Crippen molar-refractivity contribution in [1.29, 1.82) is 0 Å². The minimum Gasteiger partial charge on any atom is -0.469 e. The maximum absolute atomic E-state index is 11.8. The smallest absolute Gasteiger partial charge is 0.314 e. The van der Waals surface area contributed by atoms with Crippen LogP contribution in [0.3, 0.4) is 0 Å². The van der Waals surface area contributed by atoms with Gasteiger partial charge < -0.3 is 9.64 Å². The second-order valence-electron chi connectivity index (χ2n) is 3.97. The average molecular weight is 235 g/mol. The van der Waals surface area contributed by atoms with Gasteiger partial charge in [-0.25, -0.2) is 0 Å². The van der Waals surface area contributed by atoms with Gasteiger partial charge in [-0.1, -0.05) is 44.2 Å². The summed E-state index contributed by atoms with van der Waals surface area (Å²) >= 11 is 0. The Kier molecular flexibility index (Phi) is 5.70. The molecule has 1 rings (SSSR count). The molecule has 1 aromatic rings. The number of esters is 1. The fraction of sp³-hybridized carbons (Fsp3) is 0.500. The molecule has 0 aliphatic carbocycles. The Morgan fingerprint density at radius 2 is 1.82 bits per heavy atom. The van der Waals surface area contributed by atoms with E-state index >= 15 is 0 Å². The molecule has 1 aromatic carbocycles. The van der Waals surface area contributed by atoms with Crippen molar-refractivity contribution in [3.8, 4) is 0 Å². The molecule has 0 heterocycles. The molecule has 1 atom stereocenters. The van der Waals surface area contributed by atoms with E-state index in [1.165, 1.54) is 7.11 Å². The van der Waals surface area contributed by atoms with Crippen molar-refractivity contribution in [2.75, 3.05) is 26.7 Å². The molecule has 3 nitrogen and oxygen atoms in total. The van der Waals surface area contributed by atoms with Gasteiger partial charge in [0.15, 0.2) is 0 Å². The first-order valence-electron chi connectivity index (χ1n) is 6.08.